The van der Waals surface area contributed by atoms with E-state index in [1.807, 2.05) is 61.3 Å². The number of carbonyl (C=O) groups excluding carboxylic acids is 1. The molecule has 5 heteroatoms. The van der Waals surface area contributed by atoms with Crippen molar-refractivity contribution in [2.75, 3.05) is 5.75 Å². The van der Waals surface area contributed by atoms with E-state index in [1.165, 1.54) is 11.8 Å². The number of aromatic nitrogens is 3. The van der Waals surface area contributed by atoms with Gasteiger partial charge in [-0.3, -0.25) is 4.79 Å². The molecule has 4 aromatic rings. The summed E-state index contributed by atoms with van der Waals surface area (Å²) in [6.45, 7) is 0. The fourth-order valence-electron chi connectivity index (χ4n) is 3.30. The second kappa shape index (κ2) is 6.84. The molecule has 0 saturated carbocycles. The number of carbonyl (C=O) groups is 1. The lowest BCUT2D eigenvalue weighted by atomic mass is 10.0. The Hall–Kier alpha value is -2.79. The fourth-order valence-corrected chi connectivity index (χ4v) is 4.11. The number of hydrogen-bond donors (Lipinski definition) is 0. The first-order valence-electron chi connectivity index (χ1n) is 8.43. The number of rotatable bonds is 5. The van der Waals surface area contributed by atoms with E-state index in [1.54, 1.807) is 6.20 Å². The first kappa shape index (κ1) is 16.7. The maximum Gasteiger partial charge on any atom is 0.175 e. The van der Waals surface area contributed by atoms with Gasteiger partial charge < -0.3 is 9.13 Å². The molecule has 0 spiro atoms. The number of hydrogen-bond acceptors (Lipinski definition) is 3. The van der Waals surface area contributed by atoms with Crippen LogP contribution in [0.15, 0.2) is 72.1 Å². The predicted molar refractivity (Wildman–Crippen MR) is 107 cm³/mol. The lowest BCUT2D eigenvalue weighted by Gasteiger charge is -2.08. The number of Topliss-reactive ketones (excluding diaryl/α,β-unsaturated/α-hetero) is 1. The van der Waals surface area contributed by atoms with Crippen molar-refractivity contribution in [3.8, 4) is 11.3 Å². The number of aryl methyl sites for hydroxylation is 2. The van der Waals surface area contributed by atoms with Crippen molar-refractivity contribution < 1.29 is 4.79 Å². The Bertz CT molecular complexity index is 1080. The average molecular weight is 361 g/mol. The van der Waals surface area contributed by atoms with Crippen molar-refractivity contribution in [1.82, 2.24) is 14.1 Å². The van der Waals surface area contributed by atoms with E-state index in [9.17, 15) is 4.79 Å². The van der Waals surface area contributed by atoms with Gasteiger partial charge in [0, 0.05) is 37.4 Å². The van der Waals surface area contributed by atoms with Crippen LogP contribution in [0.2, 0.25) is 0 Å². The van der Waals surface area contributed by atoms with Crippen LogP contribution < -0.4 is 0 Å². The van der Waals surface area contributed by atoms with Crippen molar-refractivity contribution >= 4 is 28.4 Å². The van der Waals surface area contributed by atoms with E-state index in [0.29, 0.717) is 5.75 Å². The largest absolute Gasteiger partial charge is 0.343 e. The highest BCUT2D eigenvalue weighted by atomic mass is 32.2. The fraction of sp³-hybridized carbons (Fsp3) is 0.143. The standard InChI is InChI=1S/C21H19N3OS/c1-23-13-12-22-21(23)26-14-18(25)19-16-10-6-7-11-17(16)24(2)20(19)15-8-4-3-5-9-15/h3-13H,14H2,1-2H3. The summed E-state index contributed by atoms with van der Waals surface area (Å²) in [5.74, 6) is 0.479. The van der Waals surface area contributed by atoms with Gasteiger partial charge in [0.2, 0.25) is 0 Å². The van der Waals surface area contributed by atoms with Crippen LogP contribution in [0.3, 0.4) is 0 Å². The molecule has 0 aliphatic carbocycles. The summed E-state index contributed by atoms with van der Waals surface area (Å²) in [5, 5.41) is 1.85. The summed E-state index contributed by atoms with van der Waals surface area (Å²) in [7, 11) is 3.96. The highest BCUT2D eigenvalue weighted by molar-refractivity contribution is 7.99. The molecular weight excluding hydrogens is 342 g/mol. The smallest absolute Gasteiger partial charge is 0.175 e. The molecule has 0 radical (unpaired) electrons. The summed E-state index contributed by atoms with van der Waals surface area (Å²) in [5.41, 5.74) is 3.88. The van der Waals surface area contributed by atoms with E-state index < -0.39 is 0 Å². The van der Waals surface area contributed by atoms with Gasteiger partial charge in [-0.2, -0.15) is 0 Å². The van der Waals surface area contributed by atoms with Gasteiger partial charge in [-0.15, -0.1) is 0 Å². The van der Waals surface area contributed by atoms with E-state index >= 15 is 0 Å². The second-order valence-corrected chi connectivity index (χ2v) is 7.14. The minimum Gasteiger partial charge on any atom is -0.343 e. The van der Waals surface area contributed by atoms with Crippen LogP contribution in [0, 0.1) is 0 Å². The Balaban J connectivity index is 1.80. The molecule has 0 unspecified atom stereocenters. The number of imidazole rings is 1. The van der Waals surface area contributed by atoms with Gasteiger partial charge in [-0.1, -0.05) is 60.3 Å². The van der Waals surface area contributed by atoms with Gasteiger partial charge in [-0.05, 0) is 11.6 Å². The molecule has 0 atom stereocenters. The normalized spacial score (nSPS) is 11.2. The summed E-state index contributed by atoms with van der Waals surface area (Å²) in [4.78, 5) is 17.5. The van der Waals surface area contributed by atoms with Gasteiger partial charge in [0.15, 0.2) is 10.9 Å². The van der Waals surface area contributed by atoms with Crippen molar-refractivity contribution in [3.05, 3.63) is 72.6 Å². The molecule has 0 fully saturated rings. The molecular formula is C21H19N3OS. The minimum absolute atomic E-state index is 0.119. The van der Waals surface area contributed by atoms with E-state index in [0.717, 1.165) is 32.9 Å². The number of benzene rings is 2. The Morgan fingerprint density at radius 1 is 1.04 bits per heavy atom. The Morgan fingerprint density at radius 3 is 2.50 bits per heavy atom. The zero-order valence-electron chi connectivity index (χ0n) is 14.7. The van der Waals surface area contributed by atoms with Crippen LogP contribution in [0.4, 0.5) is 0 Å². The van der Waals surface area contributed by atoms with Crippen LogP contribution in [-0.2, 0) is 14.1 Å². The first-order chi connectivity index (χ1) is 12.7. The molecule has 26 heavy (non-hydrogen) atoms. The quantitative estimate of drug-likeness (QED) is 0.387. The van der Waals surface area contributed by atoms with Crippen molar-refractivity contribution in [2.45, 2.75) is 5.16 Å². The highest BCUT2D eigenvalue weighted by Crippen LogP contribution is 2.34. The van der Waals surface area contributed by atoms with Crippen molar-refractivity contribution in [1.29, 1.82) is 0 Å². The van der Waals surface area contributed by atoms with Gasteiger partial charge in [0.05, 0.1) is 17.0 Å². The SMILES string of the molecule is Cn1ccnc1SCC(=O)c1c(-c2ccccc2)n(C)c2ccccc12. The lowest BCUT2D eigenvalue weighted by molar-refractivity contribution is 0.102. The lowest BCUT2D eigenvalue weighted by Crippen LogP contribution is -2.06. The predicted octanol–water partition coefficient (Wildman–Crippen LogP) is 4.55. The Morgan fingerprint density at radius 2 is 1.77 bits per heavy atom. The maximum absolute atomic E-state index is 13.2. The topological polar surface area (TPSA) is 39.8 Å². The highest BCUT2D eigenvalue weighted by Gasteiger charge is 2.22. The third-order valence-electron chi connectivity index (χ3n) is 4.54. The first-order valence-corrected chi connectivity index (χ1v) is 9.41. The molecule has 0 N–H and O–H groups in total. The number of nitrogens with zero attached hydrogens (tertiary/aromatic N) is 3. The molecule has 4 rings (SSSR count). The molecule has 0 saturated heterocycles. The maximum atomic E-state index is 13.2. The molecule has 130 valence electrons. The average Bonchev–Trinajstić information content (AvgIpc) is 3.21. The van der Waals surface area contributed by atoms with Crippen LogP contribution in [0.1, 0.15) is 10.4 Å². The number of thioether (sulfide) groups is 1. The number of ketones is 1. The Kier molecular flexibility index (Phi) is 4.39. The van der Waals surface area contributed by atoms with Crippen LogP contribution in [0.25, 0.3) is 22.2 Å². The summed E-state index contributed by atoms with van der Waals surface area (Å²) < 4.78 is 4.04. The minimum atomic E-state index is 0.119. The number of fused-ring (bicyclic) bond motifs is 1. The van der Waals surface area contributed by atoms with Gasteiger partial charge in [0.1, 0.15) is 0 Å². The molecule has 0 bridgehead atoms. The summed E-state index contributed by atoms with van der Waals surface area (Å²) in [6, 6.07) is 18.2. The van der Waals surface area contributed by atoms with Gasteiger partial charge in [-0.25, -0.2) is 4.98 Å². The summed E-state index contributed by atoms with van der Waals surface area (Å²) in [6.07, 6.45) is 3.64. The van der Waals surface area contributed by atoms with Crippen LogP contribution in [0.5, 0.6) is 0 Å². The summed E-state index contributed by atoms with van der Waals surface area (Å²) >= 11 is 1.47. The zero-order chi connectivity index (χ0) is 18.1. The van der Waals surface area contributed by atoms with Crippen molar-refractivity contribution in [2.24, 2.45) is 14.1 Å². The third kappa shape index (κ3) is 2.84. The van der Waals surface area contributed by atoms with Gasteiger partial charge >= 0.3 is 0 Å². The molecule has 2 aromatic heterocycles. The number of para-hydroxylation sites is 1. The molecule has 2 aromatic carbocycles. The molecule has 0 aliphatic rings. The van der Waals surface area contributed by atoms with Crippen LogP contribution in [-0.4, -0.2) is 25.7 Å². The van der Waals surface area contributed by atoms with E-state index in [4.69, 9.17) is 0 Å². The van der Waals surface area contributed by atoms with Crippen molar-refractivity contribution in [3.63, 3.8) is 0 Å². The van der Waals surface area contributed by atoms with Crippen LogP contribution >= 0.6 is 11.8 Å². The van der Waals surface area contributed by atoms with Gasteiger partial charge in [0.25, 0.3) is 0 Å². The zero-order valence-corrected chi connectivity index (χ0v) is 15.5. The monoisotopic (exact) mass is 361 g/mol. The molecule has 0 aliphatic heterocycles. The van der Waals surface area contributed by atoms with E-state index in [2.05, 4.69) is 27.8 Å². The Labute approximate surface area is 156 Å². The molecule has 0 amide bonds. The molecule has 2 heterocycles. The van der Waals surface area contributed by atoms with E-state index in [-0.39, 0.29) is 5.78 Å². The molecule has 4 nitrogen and oxygen atoms in total. The third-order valence-corrected chi connectivity index (χ3v) is 5.60. The second-order valence-electron chi connectivity index (χ2n) is 6.20.